The third-order valence-electron chi connectivity index (χ3n) is 8.57. The lowest BCUT2D eigenvalue weighted by Gasteiger charge is -2.37. The molecule has 2 unspecified atom stereocenters. The molecular weight excluding hydrogens is 510 g/mol. The zero-order chi connectivity index (χ0) is 27.5. The predicted molar refractivity (Wildman–Crippen MR) is 152 cm³/mol. The van der Waals surface area contributed by atoms with Crippen molar-refractivity contribution in [3.63, 3.8) is 0 Å². The Labute approximate surface area is 235 Å². The molecule has 4 fully saturated rings. The van der Waals surface area contributed by atoms with Crippen molar-refractivity contribution >= 4 is 29.1 Å². The van der Waals surface area contributed by atoms with Crippen LogP contribution in [0.3, 0.4) is 0 Å². The lowest BCUT2D eigenvalue weighted by atomic mass is 10.1. The summed E-state index contributed by atoms with van der Waals surface area (Å²) in [6.45, 7) is 8.88. The molecule has 40 heavy (non-hydrogen) atoms. The van der Waals surface area contributed by atoms with E-state index in [2.05, 4.69) is 31.0 Å². The van der Waals surface area contributed by atoms with Crippen LogP contribution in [0.25, 0.3) is 0 Å². The molecule has 1 aromatic heterocycles. The van der Waals surface area contributed by atoms with Crippen LogP contribution in [0.5, 0.6) is 5.75 Å². The Balaban J connectivity index is 0.973. The molecule has 0 aliphatic carbocycles. The fourth-order valence-corrected chi connectivity index (χ4v) is 6.21. The predicted octanol–water partition coefficient (Wildman–Crippen LogP) is 1.49. The summed E-state index contributed by atoms with van der Waals surface area (Å²) in [7, 11) is 1.60. The van der Waals surface area contributed by atoms with Crippen LogP contribution in [0.1, 0.15) is 19.3 Å². The molecule has 2 atom stereocenters. The Morgan fingerprint density at radius 3 is 2.30 bits per heavy atom. The van der Waals surface area contributed by atoms with Gasteiger partial charge in [-0.15, -0.1) is 10.2 Å². The number of rotatable bonds is 7. The second-order valence-corrected chi connectivity index (χ2v) is 11.1. The summed E-state index contributed by atoms with van der Waals surface area (Å²) in [5.74, 6) is 2.16. The number of carbonyl (C=O) groups is 2. The fraction of sp³-hybridized carbons (Fsp3) is 0.586. The smallest absolute Gasteiger partial charge is 0.228 e. The molecule has 214 valence electrons. The van der Waals surface area contributed by atoms with Gasteiger partial charge in [-0.3, -0.25) is 14.5 Å². The first-order valence-corrected chi connectivity index (χ1v) is 14.5. The molecule has 5 heterocycles. The normalized spacial score (nSPS) is 24.2. The van der Waals surface area contributed by atoms with Crippen LogP contribution in [-0.2, 0) is 14.3 Å². The highest BCUT2D eigenvalue weighted by Gasteiger charge is 2.38. The lowest BCUT2D eigenvalue weighted by Crippen LogP contribution is -2.51. The van der Waals surface area contributed by atoms with E-state index in [1.807, 2.05) is 35.2 Å². The van der Waals surface area contributed by atoms with Gasteiger partial charge in [-0.25, -0.2) is 0 Å². The summed E-state index contributed by atoms with van der Waals surface area (Å²) in [5, 5.41) is 9.07. The second-order valence-electron chi connectivity index (χ2n) is 11.1. The third kappa shape index (κ3) is 5.85. The molecule has 0 saturated carbocycles. The quantitative estimate of drug-likeness (QED) is 0.509. The van der Waals surface area contributed by atoms with Gasteiger partial charge in [0.15, 0.2) is 11.6 Å². The number of amides is 2. The van der Waals surface area contributed by atoms with Crippen molar-refractivity contribution in [1.29, 1.82) is 0 Å². The van der Waals surface area contributed by atoms with Crippen molar-refractivity contribution in [2.24, 2.45) is 5.92 Å². The van der Waals surface area contributed by atoms with Crippen molar-refractivity contribution in [3.05, 3.63) is 36.4 Å². The van der Waals surface area contributed by atoms with Crippen LogP contribution in [0.2, 0.25) is 0 Å². The van der Waals surface area contributed by atoms with E-state index in [9.17, 15) is 9.59 Å². The van der Waals surface area contributed by atoms with Gasteiger partial charge in [0.1, 0.15) is 5.75 Å². The maximum atomic E-state index is 13.3. The number of nitrogens with zero attached hydrogens (tertiary/aromatic N) is 7. The average molecular weight is 550 g/mol. The monoisotopic (exact) mass is 549 g/mol. The largest absolute Gasteiger partial charge is 0.497 e. The summed E-state index contributed by atoms with van der Waals surface area (Å²) in [5.41, 5.74) is 0.770. The maximum absolute atomic E-state index is 13.3. The number of aromatic nitrogens is 2. The zero-order valence-corrected chi connectivity index (χ0v) is 23.3. The van der Waals surface area contributed by atoms with E-state index in [1.54, 1.807) is 12.0 Å². The summed E-state index contributed by atoms with van der Waals surface area (Å²) >= 11 is 0. The summed E-state index contributed by atoms with van der Waals surface area (Å²) in [6.07, 6.45) is 3.00. The van der Waals surface area contributed by atoms with Crippen LogP contribution in [-0.4, -0.2) is 117 Å². The van der Waals surface area contributed by atoms with E-state index in [-0.39, 0.29) is 24.2 Å². The molecular formula is C29H39N7O4. The van der Waals surface area contributed by atoms with Crippen LogP contribution in [0.4, 0.5) is 17.3 Å². The van der Waals surface area contributed by atoms with Gasteiger partial charge in [0.25, 0.3) is 0 Å². The number of hydrogen-bond acceptors (Lipinski definition) is 9. The van der Waals surface area contributed by atoms with Gasteiger partial charge < -0.3 is 29.1 Å². The number of anilines is 3. The molecule has 4 saturated heterocycles. The van der Waals surface area contributed by atoms with E-state index in [0.717, 1.165) is 56.7 Å². The SMILES string of the molecule is COc1cccc(N2CC(C(=O)N3CCN(c4ccc(N5CCN(CC6CCCO6)CC5)nn4)CC3)CC2=O)c1. The van der Waals surface area contributed by atoms with Crippen LogP contribution in [0, 0.1) is 5.92 Å². The molecule has 4 aliphatic heterocycles. The minimum Gasteiger partial charge on any atom is -0.497 e. The molecule has 2 amide bonds. The minimum absolute atomic E-state index is 0.0233. The first kappa shape index (κ1) is 26.8. The summed E-state index contributed by atoms with van der Waals surface area (Å²) < 4.78 is 11.1. The van der Waals surface area contributed by atoms with Gasteiger partial charge in [-0.1, -0.05) is 6.07 Å². The molecule has 6 rings (SSSR count). The molecule has 2 aromatic rings. The summed E-state index contributed by atoms with van der Waals surface area (Å²) in [4.78, 5) is 36.6. The fourth-order valence-electron chi connectivity index (χ4n) is 6.21. The van der Waals surface area contributed by atoms with Crippen molar-refractivity contribution in [2.45, 2.75) is 25.4 Å². The van der Waals surface area contributed by atoms with E-state index >= 15 is 0 Å². The highest BCUT2D eigenvalue weighted by molar-refractivity contribution is 6.00. The number of carbonyl (C=O) groups excluding carboxylic acids is 2. The van der Waals surface area contributed by atoms with Gasteiger partial charge in [-0.2, -0.15) is 0 Å². The van der Waals surface area contributed by atoms with Gasteiger partial charge in [0.05, 0.1) is 19.1 Å². The Morgan fingerprint density at radius 2 is 1.68 bits per heavy atom. The molecule has 11 heteroatoms. The van der Waals surface area contributed by atoms with Gasteiger partial charge in [-0.05, 0) is 37.1 Å². The second kappa shape index (κ2) is 12.0. The van der Waals surface area contributed by atoms with Crippen LogP contribution < -0.4 is 19.4 Å². The number of methoxy groups -OCH3 is 1. The number of ether oxygens (including phenoxy) is 2. The van der Waals surface area contributed by atoms with Gasteiger partial charge >= 0.3 is 0 Å². The Kier molecular flexibility index (Phi) is 8.01. The Bertz CT molecular complexity index is 1170. The Hall–Kier alpha value is -3.44. The van der Waals surface area contributed by atoms with E-state index in [4.69, 9.17) is 9.47 Å². The summed E-state index contributed by atoms with van der Waals surface area (Å²) in [6, 6.07) is 11.5. The number of hydrogen-bond donors (Lipinski definition) is 0. The molecule has 1 aromatic carbocycles. The maximum Gasteiger partial charge on any atom is 0.228 e. The highest BCUT2D eigenvalue weighted by Crippen LogP contribution is 2.29. The van der Waals surface area contributed by atoms with Gasteiger partial charge in [0.2, 0.25) is 11.8 Å². The highest BCUT2D eigenvalue weighted by atomic mass is 16.5. The van der Waals surface area contributed by atoms with Crippen LogP contribution in [0.15, 0.2) is 36.4 Å². The number of piperazine rings is 2. The van der Waals surface area contributed by atoms with Gasteiger partial charge in [0, 0.05) is 90.2 Å². The first-order valence-electron chi connectivity index (χ1n) is 14.5. The molecule has 4 aliphatic rings. The van der Waals surface area contributed by atoms with Crippen molar-refractivity contribution < 1.29 is 19.1 Å². The standard InChI is InChI=1S/C29H39N7O4/c1-39-24-5-2-4-23(19-24)36-20-22(18-28(36)37)29(38)35-15-13-34(14-16-35)27-8-7-26(30-31-27)33-11-9-32(10-12-33)21-25-6-3-17-40-25/h2,4-5,7-8,19,22,25H,3,6,9-18,20-21H2,1H3. The van der Waals surface area contributed by atoms with Crippen molar-refractivity contribution in [3.8, 4) is 5.75 Å². The minimum atomic E-state index is -0.324. The first-order chi connectivity index (χ1) is 19.6. The zero-order valence-electron chi connectivity index (χ0n) is 23.3. The average Bonchev–Trinajstić information content (AvgIpc) is 3.67. The molecule has 0 bridgehead atoms. The molecule has 0 N–H and O–H groups in total. The Morgan fingerprint density at radius 1 is 0.975 bits per heavy atom. The van der Waals surface area contributed by atoms with E-state index < -0.39 is 0 Å². The lowest BCUT2D eigenvalue weighted by molar-refractivity contribution is -0.136. The molecule has 0 spiro atoms. The van der Waals surface area contributed by atoms with Crippen molar-refractivity contribution in [2.75, 3.05) is 93.9 Å². The van der Waals surface area contributed by atoms with Crippen molar-refractivity contribution in [1.82, 2.24) is 20.0 Å². The molecule has 0 radical (unpaired) electrons. The van der Waals surface area contributed by atoms with E-state index in [0.29, 0.717) is 44.6 Å². The van der Waals surface area contributed by atoms with Crippen LogP contribution >= 0.6 is 0 Å². The van der Waals surface area contributed by atoms with E-state index in [1.165, 1.54) is 12.8 Å². The number of benzene rings is 1. The molecule has 11 nitrogen and oxygen atoms in total. The third-order valence-corrected chi connectivity index (χ3v) is 8.57. The topological polar surface area (TPSA) is 94.6 Å².